The molecular weight excluding hydrogens is 379 g/mol. The van der Waals surface area contributed by atoms with Gasteiger partial charge in [-0.1, -0.05) is 25.4 Å². The summed E-state index contributed by atoms with van der Waals surface area (Å²) in [6.45, 7) is 7.27. The fraction of sp³-hybridized carbons (Fsp3) is 0.333. The van der Waals surface area contributed by atoms with Crippen LogP contribution in [0.4, 0.5) is 15.9 Å². The van der Waals surface area contributed by atoms with Crippen molar-refractivity contribution in [1.82, 2.24) is 14.9 Å². The maximum absolute atomic E-state index is 13.4. The summed E-state index contributed by atoms with van der Waals surface area (Å²) < 4.78 is 19.0. The summed E-state index contributed by atoms with van der Waals surface area (Å²) in [7, 11) is 1.67. The minimum absolute atomic E-state index is 0.0601. The van der Waals surface area contributed by atoms with Crippen LogP contribution in [0.25, 0.3) is 10.9 Å². The van der Waals surface area contributed by atoms with Crippen LogP contribution in [0.5, 0.6) is 5.75 Å². The number of benzene rings is 2. The third kappa shape index (κ3) is 4.51. The van der Waals surface area contributed by atoms with Crippen LogP contribution in [-0.4, -0.2) is 41.6 Å². The minimum Gasteiger partial charge on any atom is -0.496 e. The summed E-state index contributed by atoms with van der Waals surface area (Å²) in [6, 6.07) is 8.48. The Morgan fingerprint density at radius 2 is 1.93 bits per heavy atom. The standard InChI is InChI=1S/C21H24ClFN4O/c1-4-27(5-2)9-8-14-10-16-19(12-20(14)28-3)24-13-25-21(16)26-15-6-7-18(23)17(22)11-15/h6-7,10-13H,4-5,8-9H2,1-3H3,(H,24,25,26). The number of fused-ring (bicyclic) bond motifs is 1. The van der Waals surface area contributed by atoms with Gasteiger partial charge in [-0.25, -0.2) is 14.4 Å². The van der Waals surface area contributed by atoms with Crippen LogP contribution >= 0.6 is 11.6 Å². The Hall–Kier alpha value is -2.44. The molecule has 1 heterocycles. The summed E-state index contributed by atoms with van der Waals surface area (Å²) in [4.78, 5) is 11.1. The largest absolute Gasteiger partial charge is 0.496 e. The number of rotatable bonds is 8. The zero-order chi connectivity index (χ0) is 20.1. The fourth-order valence-electron chi connectivity index (χ4n) is 3.14. The lowest BCUT2D eigenvalue weighted by molar-refractivity contribution is 0.306. The molecule has 3 rings (SSSR count). The van der Waals surface area contributed by atoms with Crippen molar-refractivity contribution >= 4 is 34.0 Å². The van der Waals surface area contributed by atoms with Crippen molar-refractivity contribution in [2.24, 2.45) is 0 Å². The third-order valence-electron chi connectivity index (χ3n) is 4.81. The quantitative estimate of drug-likeness (QED) is 0.570. The van der Waals surface area contributed by atoms with E-state index in [4.69, 9.17) is 16.3 Å². The van der Waals surface area contributed by atoms with Crippen LogP contribution in [0.1, 0.15) is 19.4 Å². The normalized spacial score (nSPS) is 11.2. The molecule has 28 heavy (non-hydrogen) atoms. The lowest BCUT2D eigenvalue weighted by atomic mass is 10.1. The average Bonchev–Trinajstić information content (AvgIpc) is 2.71. The fourth-order valence-corrected chi connectivity index (χ4v) is 3.32. The van der Waals surface area contributed by atoms with Crippen LogP contribution in [0, 0.1) is 5.82 Å². The Bertz CT molecular complexity index is 963. The van der Waals surface area contributed by atoms with E-state index in [-0.39, 0.29) is 5.02 Å². The molecule has 0 saturated heterocycles. The van der Waals surface area contributed by atoms with Crippen LogP contribution < -0.4 is 10.1 Å². The molecule has 0 spiro atoms. The number of nitrogens with zero attached hydrogens (tertiary/aromatic N) is 3. The van der Waals surface area contributed by atoms with E-state index in [1.807, 2.05) is 6.07 Å². The van der Waals surface area contributed by atoms with E-state index in [0.717, 1.165) is 48.3 Å². The molecule has 0 atom stereocenters. The van der Waals surface area contributed by atoms with E-state index in [2.05, 4.69) is 40.1 Å². The average molecular weight is 403 g/mol. The molecule has 7 heteroatoms. The predicted octanol–water partition coefficient (Wildman–Crippen LogP) is 5.06. The van der Waals surface area contributed by atoms with Crippen molar-refractivity contribution in [1.29, 1.82) is 0 Å². The molecule has 148 valence electrons. The monoisotopic (exact) mass is 402 g/mol. The highest BCUT2D eigenvalue weighted by atomic mass is 35.5. The second kappa shape index (κ2) is 9.17. The molecule has 0 saturated carbocycles. The van der Waals surface area contributed by atoms with E-state index in [9.17, 15) is 4.39 Å². The van der Waals surface area contributed by atoms with Gasteiger partial charge < -0.3 is 15.0 Å². The number of nitrogens with one attached hydrogen (secondary N) is 1. The lowest BCUT2D eigenvalue weighted by Gasteiger charge is -2.19. The SMILES string of the molecule is CCN(CC)CCc1cc2c(Nc3ccc(F)c(Cl)c3)ncnc2cc1OC. The zero-order valence-electron chi connectivity index (χ0n) is 16.3. The molecule has 0 fully saturated rings. The van der Waals surface area contributed by atoms with E-state index >= 15 is 0 Å². The molecule has 0 unspecified atom stereocenters. The molecule has 0 aliphatic heterocycles. The highest BCUT2D eigenvalue weighted by molar-refractivity contribution is 6.31. The number of halogens is 2. The number of ether oxygens (including phenoxy) is 1. The van der Waals surface area contributed by atoms with Gasteiger partial charge in [0.25, 0.3) is 0 Å². The van der Waals surface area contributed by atoms with Gasteiger partial charge in [0.1, 0.15) is 23.7 Å². The molecule has 3 aromatic rings. The Labute approximate surface area is 169 Å². The molecule has 0 aliphatic rings. The van der Waals surface area contributed by atoms with Gasteiger partial charge in [0.05, 0.1) is 17.6 Å². The number of methoxy groups -OCH3 is 1. The number of aromatic nitrogens is 2. The van der Waals surface area contributed by atoms with Gasteiger partial charge in [0, 0.05) is 23.7 Å². The molecule has 5 nitrogen and oxygen atoms in total. The van der Waals surface area contributed by atoms with Crippen molar-refractivity contribution in [3.05, 3.63) is 53.1 Å². The molecule has 1 N–H and O–H groups in total. The first-order valence-corrected chi connectivity index (χ1v) is 9.69. The van der Waals surface area contributed by atoms with E-state index in [1.54, 1.807) is 13.2 Å². The smallest absolute Gasteiger partial charge is 0.141 e. The third-order valence-corrected chi connectivity index (χ3v) is 5.10. The molecular formula is C21H24ClFN4O. The van der Waals surface area contributed by atoms with E-state index < -0.39 is 5.82 Å². The Kier molecular flexibility index (Phi) is 6.65. The van der Waals surface area contributed by atoms with Crippen molar-refractivity contribution in [3.63, 3.8) is 0 Å². The zero-order valence-corrected chi connectivity index (χ0v) is 17.1. The van der Waals surface area contributed by atoms with Crippen molar-refractivity contribution in [2.75, 3.05) is 32.1 Å². The first kappa shape index (κ1) is 20.3. The van der Waals surface area contributed by atoms with E-state index in [0.29, 0.717) is 11.5 Å². The Balaban J connectivity index is 1.96. The predicted molar refractivity (Wildman–Crippen MR) is 112 cm³/mol. The summed E-state index contributed by atoms with van der Waals surface area (Å²) in [6.07, 6.45) is 2.35. The van der Waals surface area contributed by atoms with Gasteiger partial charge in [-0.3, -0.25) is 0 Å². The van der Waals surface area contributed by atoms with Crippen LogP contribution in [0.2, 0.25) is 5.02 Å². The molecule has 1 aromatic heterocycles. The summed E-state index contributed by atoms with van der Waals surface area (Å²) in [5.41, 5.74) is 2.53. The highest BCUT2D eigenvalue weighted by Gasteiger charge is 2.12. The van der Waals surface area contributed by atoms with Gasteiger partial charge in [-0.2, -0.15) is 0 Å². The second-order valence-electron chi connectivity index (χ2n) is 6.43. The molecule has 0 bridgehead atoms. The van der Waals surface area contributed by atoms with Crippen molar-refractivity contribution < 1.29 is 9.13 Å². The minimum atomic E-state index is -0.455. The van der Waals surface area contributed by atoms with Crippen molar-refractivity contribution in [2.45, 2.75) is 20.3 Å². The molecule has 0 amide bonds. The number of anilines is 2. The topological polar surface area (TPSA) is 50.3 Å². The molecule has 2 aromatic carbocycles. The molecule has 0 aliphatic carbocycles. The second-order valence-corrected chi connectivity index (χ2v) is 6.84. The first-order valence-electron chi connectivity index (χ1n) is 9.31. The van der Waals surface area contributed by atoms with Crippen molar-refractivity contribution in [3.8, 4) is 5.75 Å². The van der Waals surface area contributed by atoms with Crippen LogP contribution in [-0.2, 0) is 6.42 Å². The number of hydrogen-bond acceptors (Lipinski definition) is 5. The van der Waals surface area contributed by atoms with Gasteiger partial charge in [-0.05, 0) is 49.3 Å². The van der Waals surface area contributed by atoms with Gasteiger partial charge in [0.2, 0.25) is 0 Å². The summed E-state index contributed by atoms with van der Waals surface area (Å²) in [5.74, 6) is 0.997. The van der Waals surface area contributed by atoms with Crippen LogP contribution in [0.15, 0.2) is 36.7 Å². The maximum Gasteiger partial charge on any atom is 0.141 e. The van der Waals surface area contributed by atoms with Crippen LogP contribution in [0.3, 0.4) is 0 Å². The number of likely N-dealkylation sites (N-methyl/N-ethyl adjacent to an activating group) is 1. The maximum atomic E-state index is 13.4. The number of hydrogen-bond donors (Lipinski definition) is 1. The molecule has 0 radical (unpaired) electrons. The Morgan fingerprint density at radius 1 is 1.14 bits per heavy atom. The first-order chi connectivity index (χ1) is 13.5. The lowest BCUT2D eigenvalue weighted by Crippen LogP contribution is -2.25. The summed E-state index contributed by atoms with van der Waals surface area (Å²) >= 11 is 5.89. The summed E-state index contributed by atoms with van der Waals surface area (Å²) in [5, 5.41) is 4.15. The van der Waals surface area contributed by atoms with Gasteiger partial charge in [0.15, 0.2) is 0 Å². The Morgan fingerprint density at radius 3 is 2.61 bits per heavy atom. The van der Waals surface area contributed by atoms with E-state index in [1.165, 1.54) is 18.5 Å². The highest BCUT2D eigenvalue weighted by Crippen LogP contribution is 2.31. The van der Waals surface area contributed by atoms with Gasteiger partial charge in [-0.15, -0.1) is 0 Å². The van der Waals surface area contributed by atoms with Gasteiger partial charge >= 0.3 is 0 Å².